The highest BCUT2D eigenvalue weighted by Crippen LogP contribution is 2.21. The molecule has 14 heavy (non-hydrogen) atoms. The van der Waals surface area contributed by atoms with E-state index in [4.69, 9.17) is 0 Å². The molecule has 2 N–H and O–H groups in total. The van der Waals surface area contributed by atoms with Crippen LogP contribution in [0.15, 0.2) is 0 Å². The molecule has 0 heterocycles. The van der Waals surface area contributed by atoms with Crippen LogP contribution in [0.4, 0.5) is 0 Å². The van der Waals surface area contributed by atoms with Crippen molar-refractivity contribution in [2.24, 2.45) is 0 Å². The van der Waals surface area contributed by atoms with E-state index in [1.54, 1.807) is 35.7 Å². The summed E-state index contributed by atoms with van der Waals surface area (Å²) in [5.41, 5.74) is 0. The molecule has 0 aromatic heterocycles. The molecule has 0 fully saturated rings. The molecule has 2 atom stereocenters. The van der Waals surface area contributed by atoms with Gasteiger partial charge < -0.3 is 20.2 Å². The van der Waals surface area contributed by atoms with E-state index < -0.39 is 0 Å². The Kier molecular flexibility index (Phi) is 9.49. The third-order valence-electron chi connectivity index (χ3n) is 1.65. The van der Waals surface area contributed by atoms with Crippen molar-refractivity contribution in [3.63, 3.8) is 0 Å². The zero-order valence-electron chi connectivity index (χ0n) is 8.36. The number of rotatable bonds is 9. The molecule has 0 rings (SSSR count). The standard InChI is InChI=1S/C8H16N2O2S2/c1-9-7(3-11)5-13-14-6-8(4-12)10-2/h3-4,7-10H,5-6H2,1-2H3/t7-,8?/m1/s1. The van der Waals surface area contributed by atoms with Crippen LogP contribution in [0.2, 0.25) is 0 Å². The first-order valence-corrected chi connectivity index (χ1v) is 6.76. The maximum Gasteiger partial charge on any atom is 0.137 e. The summed E-state index contributed by atoms with van der Waals surface area (Å²) in [6, 6.07) is -0.200. The van der Waals surface area contributed by atoms with Crippen LogP contribution in [-0.4, -0.2) is 50.3 Å². The molecule has 82 valence electrons. The SMILES string of the molecule is CNC(C=O)CSSC[C@@H](C=O)NC. The van der Waals surface area contributed by atoms with Crippen LogP contribution in [0.1, 0.15) is 0 Å². The molecule has 0 aromatic rings. The van der Waals surface area contributed by atoms with Crippen LogP contribution in [0, 0.1) is 0 Å². The second-order valence-electron chi connectivity index (χ2n) is 2.63. The summed E-state index contributed by atoms with van der Waals surface area (Å²) >= 11 is 0. The molecule has 1 unspecified atom stereocenters. The van der Waals surface area contributed by atoms with Crippen molar-refractivity contribution < 1.29 is 9.59 Å². The first kappa shape index (κ1) is 14.0. The van der Waals surface area contributed by atoms with Gasteiger partial charge in [0.25, 0.3) is 0 Å². The molecule has 4 nitrogen and oxygen atoms in total. The van der Waals surface area contributed by atoms with Crippen LogP contribution >= 0.6 is 21.6 Å². The Hall–Kier alpha value is -0.0400. The number of hydrogen-bond donors (Lipinski definition) is 2. The van der Waals surface area contributed by atoms with Crippen molar-refractivity contribution >= 4 is 34.2 Å². The van der Waals surface area contributed by atoms with Crippen LogP contribution < -0.4 is 10.6 Å². The third-order valence-corrected chi connectivity index (χ3v) is 4.12. The summed E-state index contributed by atoms with van der Waals surface area (Å²) in [6.07, 6.45) is 1.78. The maximum atomic E-state index is 10.4. The van der Waals surface area contributed by atoms with Gasteiger partial charge in [0.15, 0.2) is 0 Å². The smallest absolute Gasteiger partial charge is 0.137 e. The van der Waals surface area contributed by atoms with Gasteiger partial charge in [0.1, 0.15) is 12.6 Å². The minimum Gasteiger partial charge on any atom is -0.310 e. The number of nitrogens with one attached hydrogen (secondary N) is 2. The number of likely N-dealkylation sites (N-methyl/N-ethyl adjacent to an activating group) is 2. The monoisotopic (exact) mass is 236 g/mol. The quantitative estimate of drug-likeness (QED) is 0.332. The summed E-state index contributed by atoms with van der Waals surface area (Å²) in [5, 5.41) is 5.76. The fraction of sp³-hybridized carbons (Fsp3) is 0.750. The van der Waals surface area contributed by atoms with E-state index in [-0.39, 0.29) is 12.1 Å². The van der Waals surface area contributed by atoms with Gasteiger partial charge in [-0.15, -0.1) is 0 Å². The van der Waals surface area contributed by atoms with E-state index in [2.05, 4.69) is 10.6 Å². The van der Waals surface area contributed by atoms with Gasteiger partial charge in [-0.25, -0.2) is 0 Å². The number of carbonyl (C=O) groups excluding carboxylic acids is 2. The van der Waals surface area contributed by atoms with Crippen molar-refractivity contribution in [1.82, 2.24) is 10.6 Å². The number of carbonyl (C=O) groups is 2. The molecule has 0 aliphatic carbocycles. The van der Waals surface area contributed by atoms with E-state index >= 15 is 0 Å². The second kappa shape index (κ2) is 9.51. The maximum absolute atomic E-state index is 10.4. The van der Waals surface area contributed by atoms with E-state index in [1.165, 1.54) is 0 Å². The van der Waals surface area contributed by atoms with Gasteiger partial charge >= 0.3 is 0 Å². The minimum atomic E-state index is -0.100. The van der Waals surface area contributed by atoms with E-state index in [1.807, 2.05) is 0 Å². The fourth-order valence-corrected chi connectivity index (χ4v) is 3.06. The van der Waals surface area contributed by atoms with Gasteiger partial charge in [0, 0.05) is 11.5 Å². The zero-order valence-corrected chi connectivity index (χ0v) is 9.99. The van der Waals surface area contributed by atoms with Crippen molar-refractivity contribution in [1.29, 1.82) is 0 Å². The third kappa shape index (κ3) is 6.42. The van der Waals surface area contributed by atoms with Gasteiger partial charge in [0.05, 0.1) is 12.1 Å². The van der Waals surface area contributed by atoms with Crippen LogP contribution in [-0.2, 0) is 9.59 Å². The fourth-order valence-electron chi connectivity index (χ4n) is 0.624. The van der Waals surface area contributed by atoms with Gasteiger partial charge in [-0.2, -0.15) is 0 Å². The van der Waals surface area contributed by atoms with Crippen LogP contribution in [0.3, 0.4) is 0 Å². The molecule has 0 bridgehead atoms. The Bertz CT molecular complexity index is 151. The zero-order chi connectivity index (χ0) is 10.8. The Morgan fingerprint density at radius 2 is 1.36 bits per heavy atom. The second-order valence-corrected chi connectivity index (χ2v) is 5.18. The van der Waals surface area contributed by atoms with Crippen molar-refractivity contribution in [3.05, 3.63) is 0 Å². The predicted molar refractivity (Wildman–Crippen MR) is 62.7 cm³/mol. The molecule has 0 saturated heterocycles. The molecule has 0 spiro atoms. The summed E-state index contributed by atoms with van der Waals surface area (Å²) in [6.45, 7) is 0. The highest BCUT2D eigenvalue weighted by atomic mass is 33.1. The van der Waals surface area contributed by atoms with Crippen LogP contribution in [0.25, 0.3) is 0 Å². The lowest BCUT2D eigenvalue weighted by molar-refractivity contribution is -0.109. The Morgan fingerprint density at radius 1 is 1.00 bits per heavy atom. The van der Waals surface area contributed by atoms with Crippen molar-refractivity contribution in [3.8, 4) is 0 Å². The number of aldehydes is 2. The Balaban J connectivity index is 3.44. The van der Waals surface area contributed by atoms with E-state index in [0.717, 1.165) is 24.1 Å². The summed E-state index contributed by atoms with van der Waals surface area (Å²) in [7, 11) is 6.70. The molecule has 6 heteroatoms. The van der Waals surface area contributed by atoms with Crippen molar-refractivity contribution in [2.45, 2.75) is 12.1 Å². The first-order valence-electron chi connectivity index (χ1n) is 4.28. The molecule has 0 aliphatic rings. The average molecular weight is 236 g/mol. The molecule has 0 amide bonds. The molecule has 0 aromatic carbocycles. The highest BCUT2D eigenvalue weighted by Gasteiger charge is 2.06. The lowest BCUT2D eigenvalue weighted by Crippen LogP contribution is -2.30. The summed E-state index contributed by atoms with van der Waals surface area (Å²) < 4.78 is 0. The van der Waals surface area contributed by atoms with Crippen molar-refractivity contribution in [2.75, 3.05) is 25.6 Å². The van der Waals surface area contributed by atoms with Crippen LogP contribution in [0.5, 0.6) is 0 Å². The minimum absolute atomic E-state index is 0.100. The van der Waals surface area contributed by atoms with E-state index in [9.17, 15) is 9.59 Å². The average Bonchev–Trinajstić information content (AvgIpc) is 2.24. The van der Waals surface area contributed by atoms with E-state index in [0.29, 0.717) is 0 Å². The van der Waals surface area contributed by atoms with Gasteiger partial charge in [-0.3, -0.25) is 0 Å². The van der Waals surface area contributed by atoms with Gasteiger partial charge in [-0.05, 0) is 14.1 Å². The molecule has 0 saturated carbocycles. The molecule has 0 radical (unpaired) electrons. The summed E-state index contributed by atoms with van der Waals surface area (Å²) in [4.78, 5) is 20.8. The molecular formula is C8H16N2O2S2. The van der Waals surface area contributed by atoms with Gasteiger partial charge in [-0.1, -0.05) is 21.6 Å². The Labute approximate surface area is 92.4 Å². The topological polar surface area (TPSA) is 58.2 Å². The molecular weight excluding hydrogens is 220 g/mol. The lowest BCUT2D eigenvalue weighted by Gasteiger charge is -2.09. The number of hydrogen-bond acceptors (Lipinski definition) is 6. The normalized spacial score (nSPS) is 14.7. The molecule has 0 aliphatic heterocycles. The van der Waals surface area contributed by atoms with Gasteiger partial charge in [0.2, 0.25) is 0 Å². The lowest BCUT2D eigenvalue weighted by atomic mass is 10.4. The Morgan fingerprint density at radius 3 is 1.57 bits per heavy atom. The first-order chi connectivity index (χ1) is 6.78. The summed E-state index contributed by atoms with van der Waals surface area (Å²) in [5.74, 6) is 1.44. The highest BCUT2D eigenvalue weighted by molar-refractivity contribution is 8.76. The largest absolute Gasteiger partial charge is 0.310 e. The predicted octanol–water partition coefficient (Wildman–Crippen LogP) is -0.0584.